The molecular formula is C14H10BrCl2NO. The molecule has 0 saturated heterocycles. The predicted molar refractivity (Wildman–Crippen MR) is 81.8 cm³/mol. The molecule has 0 aromatic heterocycles. The Bertz CT molecular complexity index is 616. The minimum Gasteiger partial charge on any atom is -0.348 e. The lowest BCUT2D eigenvalue weighted by Crippen LogP contribution is -2.23. The third kappa shape index (κ3) is 3.96. The van der Waals surface area contributed by atoms with E-state index in [4.69, 9.17) is 23.2 Å². The van der Waals surface area contributed by atoms with E-state index in [9.17, 15) is 4.79 Å². The van der Waals surface area contributed by atoms with Crippen LogP contribution in [0.15, 0.2) is 46.9 Å². The minimum atomic E-state index is -0.221. The number of benzene rings is 2. The van der Waals surface area contributed by atoms with Crippen molar-refractivity contribution in [2.24, 2.45) is 0 Å². The van der Waals surface area contributed by atoms with Crippen LogP contribution >= 0.6 is 39.1 Å². The van der Waals surface area contributed by atoms with Crippen molar-refractivity contribution in [3.8, 4) is 0 Å². The van der Waals surface area contributed by atoms with E-state index in [1.807, 2.05) is 24.3 Å². The molecule has 0 bridgehead atoms. The second-order valence-electron chi connectivity index (χ2n) is 3.94. The van der Waals surface area contributed by atoms with Gasteiger partial charge in [-0.2, -0.15) is 0 Å². The van der Waals surface area contributed by atoms with E-state index in [-0.39, 0.29) is 5.91 Å². The third-order valence-electron chi connectivity index (χ3n) is 2.52. The maximum atomic E-state index is 12.0. The second kappa shape index (κ2) is 6.42. The van der Waals surface area contributed by atoms with E-state index in [1.54, 1.807) is 18.2 Å². The standard InChI is InChI=1S/C14H10BrCl2NO/c15-10-3-1-2-9(6-10)8-18-14(19)12-5-4-11(16)7-13(12)17/h1-7H,8H2,(H,18,19). The molecule has 0 fully saturated rings. The van der Waals surface area contributed by atoms with Crippen molar-refractivity contribution >= 4 is 45.0 Å². The Morgan fingerprint density at radius 1 is 1.16 bits per heavy atom. The molecule has 2 aromatic rings. The topological polar surface area (TPSA) is 29.1 Å². The molecule has 2 rings (SSSR count). The van der Waals surface area contributed by atoms with Crippen molar-refractivity contribution in [2.45, 2.75) is 6.54 Å². The van der Waals surface area contributed by atoms with Gasteiger partial charge in [0.25, 0.3) is 5.91 Å². The van der Waals surface area contributed by atoms with Gasteiger partial charge in [-0.05, 0) is 35.9 Å². The summed E-state index contributed by atoms with van der Waals surface area (Å²) in [4.78, 5) is 12.0. The first-order valence-corrected chi connectivity index (χ1v) is 7.09. The van der Waals surface area contributed by atoms with Gasteiger partial charge in [0.1, 0.15) is 0 Å². The molecule has 2 nitrogen and oxygen atoms in total. The Balaban J connectivity index is 2.05. The van der Waals surface area contributed by atoms with E-state index in [2.05, 4.69) is 21.2 Å². The van der Waals surface area contributed by atoms with E-state index >= 15 is 0 Å². The van der Waals surface area contributed by atoms with Gasteiger partial charge in [0.15, 0.2) is 0 Å². The molecule has 0 unspecified atom stereocenters. The highest BCUT2D eigenvalue weighted by Gasteiger charge is 2.10. The van der Waals surface area contributed by atoms with Crippen LogP contribution in [0.4, 0.5) is 0 Å². The van der Waals surface area contributed by atoms with Crippen LogP contribution in [0.1, 0.15) is 15.9 Å². The van der Waals surface area contributed by atoms with Crippen LogP contribution in [0.5, 0.6) is 0 Å². The molecule has 0 aliphatic heterocycles. The highest BCUT2D eigenvalue weighted by molar-refractivity contribution is 9.10. The summed E-state index contributed by atoms with van der Waals surface area (Å²) in [5.74, 6) is -0.221. The molecule has 0 aliphatic rings. The Morgan fingerprint density at radius 3 is 2.63 bits per heavy atom. The molecular weight excluding hydrogens is 349 g/mol. The van der Waals surface area contributed by atoms with Crippen LogP contribution in [0, 0.1) is 0 Å². The number of rotatable bonds is 3. The lowest BCUT2D eigenvalue weighted by Gasteiger charge is -2.07. The molecule has 0 radical (unpaired) electrons. The smallest absolute Gasteiger partial charge is 0.253 e. The van der Waals surface area contributed by atoms with Crippen LogP contribution in [-0.4, -0.2) is 5.91 Å². The van der Waals surface area contributed by atoms with Crippen LogP contribution in [0.2, 0.25) is 10.0 Å². The third-order valence-corrected chi connectivity index (χ3v) is 3.56. The van der Waals surface area contributed by atoms with Crippen LogP contribution < -0.4 is 5.32 Å². The van der Waals surface area contributed by atoms with E-state index in [0.717, 1.165) is 10.0 Å². The first kappa shape index (κ1) is 14.4. The molecule has 0 spiro atoms. The van der Waals surface area contributed by atoms with Gasteiger partial charge in [0.05, 0.1) is 10.6 Å². The molecule has 1 amide bonds. The van der Waals surface area contributed by atoms with Crippen molar-refractivity contribution in [1.29, 1.82) is 0 Å². The fourth-order valence-corrected chi connectivity index (χ4v) is 2.54. The lowest BCUT2D eigenvalue weighted by molar-refractivity contribution is 0.0951. The van der Waals surface area contributed by atoms with Gasteiger partial charge >= 0.3 is 0 Å². The minimum absolute atomic E-state index is 0.221. The predicted octanol–water partition coefficient (Wildman–Crippen LogP) is 4.69. The first-order valence-electron chi connectivity index (χ1n) is 5.54. The summed E-state index contributed by atoms with van der Waals surface area (Å²) in [5.41, 5.74) is 1.42. The molecule has 5 heteroatoms. The lowest BCUT2D eigenvalue weighted by atomic mass is 10.2. The number of carbonyl (C=O) groups is 1. The highest BCUT2D eigenvalue weighted by atomic mass is 79.9. The zero-order valence-corrected chi connectivity index (χ0v) is 12.9. The van der Waals surface area contributed by atoms with Gasteiger partial charge in [-0.3, -0.25) is 4.79 Å². The molecule has 0 saturated carbocycles. The van der Waals surface area contributed by atoms with Crippen molar-refractivity contribution in [1.82, 2.24) is 5.32 Å². The molecule has 1 N–H and O–H groups in total. The number of nitrogens with one attached hydrogen (secondary N) is 1. The van der Waals surface area contributed by atoms with E-state index in [1.165, 1.54) is 0 Å². The van der Waals surface area contributed by atoms with Gasteiger partial charge in [-0.15, -0.1) is 0 Å². The molecule has 98 valence electrons. The zero-order chi connectivity index (χ0) is 13.8. The average molecular weight is 359 g/mol. The summed E-state index contributed by atoms with van der Waals surface area (Å²) in [6, 6.07) is 12.5. The van der Waals surface area contributed by atoms with Crippen molar-refractivity contribution in [3.05, 3.63) is 68.1 Å². The monoisotopic (exact) mass is 357 g/mol. The van der Waals surface area contributed by atoms with Gasteiger partial charge in [-0.1, -0.05) is 51.3 Å². The fraction of sp³-hybridized carbons (Fsp3) is 0.0714. The Labute approximate surface area is 129 Å². The number of hydrogen-bond donors (Lipinski definition) is 1. The quantitative estimate of drug-likeness (QED) is 0.847. The number of carbonyl (C=O) groups excluding carboxylic acids is 1. The Morgan fingerprint density at radius 2 is 1.95 bits per heavy atom. The van der Waals surface area contributed by atoms with Gasteiger partial charge in [-0.25, -0.2) is 0 Å². The second-order valence-corrected chi connectivity index (χ2v) is 5.70. The fourth-order valence-electron chi connectivity index (χ4n) is 1.60. The summed E-state index contributed by atoms with van der Waals surface area (Å²) in [7, 11) is 0. The number of halogens is 3. The largest absolute Gasteiger partial charge is 0.348 e. The van der Waals surface area contributed by atoms with Gasteiger partial charge in [0.2, 0.25) is 0 Å². The molecule has 0 atom stereocenters. The summed E-state index contributed by atoms with van der Waals surface area (Å²) < 4.78 is 0.976. The Kier molecular flexibility index (Phi) is 4.86. The van der Waals surface area contributed by atoms with E-state index < -0.39 is 0 Å². The first-order chi connectivity index (χ1) is 9.06. The number of amides is 1. The van der Waals surface area contributed by atoms with Crippen molar-refractivity contribution < 1.29 is 4.79 Å². The summed E-state index contributed by atoms with van der Waals surface area (Å²) in [6.45, 7) is 0.442. The van der Waals surface area contributed by atoms with Crippen LogP contribution in [-0.2, 0) is 6.54 Å². The summed E-state index contributed by atoms with van der Waals surface area (Å²) >= 11 is 15.2. The van der Waals surface area contributed by atoms with Crippen molar-refractivity contribution in [3.63, 3.8) is 0 Å². The zero-order valence-electron chi connectivity index (χ0n) is 9.79. The van der Waals surface area contributed by atoms with Crippen LogP contribution in [0.25, 0.3) is 0 Å². The normalized spacial score (nSPS) is 10.3. The Hall–Kier alpha value is -1.03. The maximum Gasteiger partial charge on any atom is 0.253 e. The van der Waals surface area contributed by atoms with Crippen molar-refractivity contribution in [2.75, 3.05) is 0 Å². The number of hydrogen-bond acceptors (Lipinski definition) is 1. The van der Waals surface area contributed by atoms with Gasteiger partial charge < -0.3 is 5.32 Å². The average Bonchev–Trinajstić information content (AvgIpc) is 2.36. The molecule has 0 aliphatic carbocycles. The molecule has 19 heavy (non-hydrogen) atoms. The molecule has 2 aromatic carbocycles. The maximum absolute atomic E-state index is 12.0. The highest BCUT2D eigenvalue weighted by Crippen LogP contribution is 2.21. The SMILES string of the molecule is O=C(NCc1cccc(Br)c1)c1ccc(Cl)cc1Cl. The molecule has 0 heterocycles. The summed E-state index contributed by atoms with van der Waals surface area (Å²) in [5, 5.41) is 3.67. The van der Waals surface area contributed by atoms with Gasteiger partial charge in [0, 0.05) is 16.0 Å². The van der Waals surface area contributed by atoms with Crippen LogP contribution in [0.3, 0.4) is 0 Å². The summed E-state index contributed by atoms with van der Waals surface area (Å²) in [6.07, 6.45) is 0. The van der Waals surface area contributed by atoms with E-state index in [0.29, 0.717) is 22.2 Å².